The molecule has 0 aliphatic heterocycles. The zero-order valence-corrected chi connectivity index (χ0v) is 28.9. The van der Waals surface area contributed by atoms with Crippen molar-refractivity contribution in [1.29, 1.82) is 0 Å². The predicted molar refractivity (Wildman–Crippen MR) is 188 cm³/mol. The van der Waals surface area contributed by atoms with Gasteiger partial charge in [-0.25, -0.2) is 4.98 Å². The highest BCUT2D eigenvalue weighted by Gasteiger charge is 2.20. The number of aromatic nitrogens is 3. The lowest BCUT2D eigenvalue weighted by molar-refractivity contribution is -0.122. The van der Waals surface area contributed by atoms with E-state index in [0.717, 1.165) is 21.6 Å². The quantitative estimate of drug-likeness (QED) is 0.149. The molecule has 0 aliphatic rings. The van der Waals surface area contributed by atoms with E-state index in [0.29, 0.717) is 33.4 Å². The maximum absolute atomic E-state index is 13.0. The molecule has 13 heteroatoms. The molecule has 5 rings (SSSR count). The second kappa shape index (κ2) is 14.9. The highest BCUT2D eigenvalue weighted by atomic mass is 79.9. The van der Waals surface area contributed by atoms with Crippen molar-refractivity contribution in [2.75, 3.05) is 23.8 Å². The number of fused-ring (bicyclic) bond motifs is 1. The molecule has 10 nitrogen and oxygen atoms in total. The van der Waals surface area contributed by atoms with Crippen molar-refractivity contribution in [2.24, 2.45) is 7.05 Å². The van der Waals surface area contributed by atoms with E-state index in [1.807, 2.05) is 53.5 Å². The maximum Gasteiger partial charge on any atom is 0.246 e. The third-order valence-corrected chi connectivity index (χ3v) is 9.15. The van der Waals surface area contributed by atoms with E-state index in [4.69, 9.17) is 27.9 Å². The van der Waals surface area contributed by atoms with Crippen LogP contribution in [-0.4, -0.2) is 45.3 Å². The Labute approximate surface area is 290 Å². The number of aryl methyl sites for hydroxylation is 2. The molecule has 2 aromatic carbocycles. The minimum Gasteiger partial charge on any atom is -0.485 e. The Morgan fingerprint density at radius 1 is 1.04 bits per heavy atom. The predicted octanol–water partition coefficient (Wildman–Crippen LogP) is 6.60. The number of carbonyl (C=O) groups excluding carboxylic acids is 3. The van der Waals surface area contributed by atoms with E-state index in [9.17, 15) is 14.4 Å². The highest BCUT2D eigenvalue weighted by molar-refractivity contribution is 9.10. The van der Waals surface area contributed by atoms with Crippen LogP contribution in [0.15, 0.2) is 83.7 Å². The third kappa shape index (κ3) is 8.05. The first-order valence-electron chi connectivity index (χ1n) is 14.5. The van der Waals surface area contributed by atoms with Crippen LogP contribution in [0.3, 0.4) is 0 Å². The molecule has 0 saturated heterocycles. The van der Waals surface area contributed by atoms with Crippen LogP contribution >= 0.6 is 39.1 Å². The number of anilines is 2. The number of amides is 3. The average molecular weight is 738 g/mol. The fourth-order valence-electron chi connectivity index (χ4n) is 4.74. The van der Waals surface area contributed by atoms with Gasteiger partial charge in [0.2, 0.25) is 17.7 Å². The molecule has 0 radical (unpaired) electrons. The van der Waals surface area contributed by atoms with Crippen LogP contribution in [0.5, 0.6) is 5.75 Å². The fourth-order valence-corrected chi connectivity index (χ4v) is 5.72. The van der Waals surface area contributed by atoms with Gasteiger partial charge in [-0.2, -0.15) is 0 Å². The highest BCUT2D eigenvalue weighted by Crippen LogP contribution is 2.35. The second-order valence-electron chi connectivity index (χ2n) is 10.7. The summed E-state index contributed by atoms with van der Waals surface area (Å²) in [6.45, 7) is 1.67. The molecular formula is C34H31BrCl2N6O4. The van der Waals surface area contributed by atoms with E-state index in [-0.39, 0.29) is 36.4 Å². The van der Waals surface area contributed by atoms with Crippen LogP contribution < -0.4 is 20.3 Å². The van der Waals surface area contributed by atoms with Crippen molar-refractivity contribution in [3.05, 3.63) is 116 Å². The minimum atomic E-state index is -0.446. The summed E-state index contributed by atoms with van der Waals surface area (Å²) in [6.07, 6.45) is 6.98. The minimum absolute atomic E-state index is 0.0409. The number of imidazole rings is 1. The smallest absolute Gasteiger partial charge is 0.246 e. The summed E-state index contributed by atoms with van der Waals surface area (Å²) >= 11 is 16.7. The molecule has 0 aliphatic carbocycles. The van der Waals surface area contributed by atoms with E-state index in [1.165, 1.54) is 11.0 Å². The number of hydrogen-bond donors (Lipinski definition) is 2. The molecule has 0 bridgehead atoms. The van der Waals surface area contributed by atoms with Crippen molar-refractivity contribution < 1.29 is 19.1 Å². The Balaban J connectivity index is 1.14. The Hall–Kier alpha value is -4.58. The number of pyridine rings is 1. The summed E-state index contributed by atoms with van der Waals surface area (Å²) in [6, 6.07) is 17.8. The number of hydrogen-bond acceptors (Lipinski definition) is 5. The van der Waals surface area contributed by atoms with Gasteiger partial charge in [-0.3, -0.25) is 18.8 Å². The maximum atomic E-state index is 13.0. The molecule has 0 unspecified atom stereocenters. The molecule has 0 saturated carbocycles. The first-order valence-corrected chi connectivity index (χ1v) is 16.0. The standard InChI is InChI=1S/C34H31BrCl2N6O4/c1-21-33(35)43-17-5-7-28(34(43)39-21)47-20-25-26(36)13-14-27(32(25)37)42(3)31(46)19-38-29(44)15-10-22-8-11-23(12-9-22)40-30(45)18-24-6-4-16-41(24)2/h4-17H,18-20H2,1-3H3,(H,38,44)(H,40,45). The van der Waals surface area contributed by atoms with Crippen LogP contribution in [-0.2, 0) is 34.5 Å². The van der Waals surface area contributed by atoms with E-state index < -0.39 is 5.91 Å². The van der Waals surface area contributed by atoms with Gasteiger partial charge in [0, 0.05) is 54.5 Å². The zero-order valence-electron chi connectivity index (χ0n) is 25.8. The largest absolute Gasteiger partial charge is 0.485 e. The summed E-state index contributed by atoms with van der Waals surface area (Å²) in [4.78, 5) is 43.7. The molecule has 242 valence electrons. The van der Waals surface area contributed by atoms with E-state index in [1.54, 1.807) is 55.6 Å². The van der Waals surface area contributed by atoms with Gasteiger partial charge < -0.3 is 24.8 Å². The van der Waals surface area contributed by atoms with Crippen LogP contribution in [0.2, 0.25) is 10.0 Å². The Morgan fingerprint density at radius 3 is 2.51 bits per heavy atom. The molecule has 0 spiro atoms. The topological polar surface area (TPSA) is 110 Å². The van der Waals surface area contributed by atoms with Gasteiger partial charge in [0.05, 0.1) is 29.4 Å². The number of ether oxygens (including phenoxy) is 1. The lowest BCUT2D eigenvalue weighted by Gasteiger charge is -2.21. The molecule has 0 atom stereocenters. The lowest BCUT2D eigenvalue weighted by Crippen LogP contribution is -2.37. The SMILES string of the molecule is Cc1nc2c(OCc3c(Cl)ccc(N(C)C(=O)CNC(=O)C=Cc4ccc(NC(=O)Cc5cccn5C)cc4)c3Cl)cccn2c1Br. The molecule has 3 aromatic heterocycles. The average Bonchev–Trinajstić information content (AvgIpc) is 3.59. The van der Waals surface area contributed by atoms with Crippen LogP contribution in [0, 0.1) is 6.92 Å². The Morgan fingerprint density at radius 2 is 1.79 bits per heavy atom. The number of nitrogens with one attached hydrogen (secondary N) is 2. The van der Waals surface area contributed by atoms with Crippen molar-refractivity contribution in [1.82, 2.24) is 19.3 Å². The van der Waals surface area contributed by atoms with Crippen LogP contribution in [0.4, 0.5) is 11.4 Å². The number of halogens is 3. The molecule has 3 heterocycles. The summed E-state index contributed by atoms with van der Waals surface area (Å²) in [7, 11) is 3.46. The second-order valence-corrected chi connectivity index (χ2v) is 12.2. The number of benzene rings is 2. The summed E-state index contributed by atoms with van der Waals surface area (Å²) in [5, 5.41) is 6.10. The molecule has 5 aromatic rings. The molecule has 3 amide bonds. The van der Waals surface area contributed by atoms with E-state index in [2.05, 4.69) is 31.5 Å². The van der Waals surface area contributed by atoms with Crippen LogP contribution in [0.1, 0.15) is 22.5 Å². The lowest BCUT2D eigenvalue weighted by atomic mass is 10.2. The number of carbonyl (C=O) groups is 3. The van der Waals surface area contributed by atoms with Crippen LogP contribution in [0.25, 0.3) is 11.7 Å². The molecule has 0 fully saturated rings. The van der Waals surface area contributed by atoms with Gasteiger partial charge >= 0.3 is 0 Å². The first kappa shape index (κ1) is 33.8. The Kier molecular flexibility index (Phi) is 10.7. The van der Waals surface area contributed by atoms with Gasteiger partial charge in [-0.05, 0) is 83.0 Å². The van der Waals surface area contributed by atoms with Gasteiger partial charge in [0.25, 0.3) is 0 Å². The third-order valence-electron chi connectivity index (χ3n) is 7.42. The Bertz CT molecular complexity index is 1990. The van der Waals surface area contributed by atoms with Crippen molar-refractivity contribution >= 4 is 80.0 Å². The van der Waals surface area contributed by atoms with Gasteiger partial charge in [0.15, 0.2) is 11.4 Å². The normalized spacial score (nSPS) is 11.2. The summed E-state index contributed by atoms with van der Waals surface area (Å²) < 4.78 is 10.7. The monoisotopic (exact) mass is 736 g/mol. The number of likely N-dealkylation sites (N-methyl/N-ethyl adjacent to an activating group) is 1. The van der Waals surface area contributed by atoms with Gasteiger partial charge in [-0.1, -0.05) is 35.3 Å². The first-order chi connectivity index (χ1) is 22.5. The summed E-state index contributed by atoms with van der Waals surface area (Å²) in [5.74, 6) is -0.417. The molecule has 2 N–H and O–H groups in total. The fraction of sp³-hybridized carbons (Fsp3) is 0.176. The molecule has 47 heavy (non-hydrogen) atoms. The van der Waals surface area contributed by atoms with Crippen molar-refractivity contribution in [3.63, 3.8) is 0 Å². The van der Waals surface area contributed by atoms with Crippen molar-refractivity contribution in [2.45, 2.75) is 20.0 Å². The molecular weight excluding hydrogens is 707 g/mol. The number of rotatable bonds is 11. The number of nitrogens with zero attached hydrogens (tertiary/aromatic N) is 4. The van der Waals surface area contributed by atoms with E-state index >= 15 is 0 Å². The van der Waals surface area contributed by atoms with Crippen molar-refractivity contribution in [3.8, 4) is 5.75 Å². The zero-order chi connectivity index (χ0) is 33.7. The van der Waals surface area contributed by atoms with Gasteiger partial charge in [-0.15, -0.1) is 0 Å². The summed E-state index contributed by atoms with van der Waals surface area (Å²) in [5.41, 5.74) is 4.68. The van der Waals surface area contributed by atoms with Gasteiger partial charge in [0.1, 0.15) is 11.2 Å².